The van der Waals surface area contributed by atoms with Gasteiger partial charge in [0.05, 0.1) is 19.6 Å². The normalized spacial score (nSPS) is 25.7. The van der Waals surface area contributed by atoms with Gasteiger partial charge < -0.3 is 4.90 Å². The van der Waals surface area contributed by atoms with Crippen LogP contribution in [0.4, 0.5) is 5.69 Å². The smallest absolute Gasteiger partial charge is 0.304 e. The zero-order valence-electron chi connectivity index (χ0n) is 19.0. The van der Waals surface area contributed by atoms with Crippen molar-refractivity contribution < 1.29 is 12.3 Å². The van der Waals surface area contributed by atoms with E-state index in [1.165, 1.54) is 5.69 Å². The second kappa shape index (κ2) is 8.87. The van der Waals surface area contributed by atoms with E-state index in [4.69, 9.17) is 0 Å². The van der Waals surface area contributed by atoms with Gasteiger partial charge in [-0.05, 0) is 53.8 Å². The fourth-order valence-electron chi connectivity index (χ4n) is 5.29. The molecule has 0 aliphatic carbocycles. The molecule has 174 valence electrons. The van der Waals surface area contributed by atoms with E-state index in [1.54, 1.807) is 6.33 Å². The van der Waals surface area contributed by atoms with E-state index >= 15 is 0 Å². The van der Waals surface area contributed by atoms with Gasteiger partial charge in [0.15, 0.2) is 0 Å². The summed E-state index contributed by atoms with van der Waals surface area (Å²) < 4.78 is 29.2. The number of aromatic nitrogens is 4. The van der Waals surface area contributed by atoms with Crippen LogP contribution in [-0.4, -0.2) is 59.2 Å². The zero-order valence-corrected chi connectivity index (χ0v) is 19.8. The standard InChI is InChI=1S/C24H31N6O2S/c1-30(17-5-8-24(33(30,31)32)21-6-3-2-4-7-21)18-20-9-11-22(12-10-20)28-15-13-23(14-16-28)29-19-25-26-27-29/h2-4,6-7,9-12,19,23-24H,5,8,13-18H2,1H3/q+1. The summed E-state index contributed by atoms with van der Waals surface area (Å²) in [5.41, 5.74) is 3.14. The maximum atomic E-state index is 13.6. The minimum absolute atomic E-state index is 0.0588. The van der Waals surface area contributed by atoms with E-state index in [1.807, 2.05) is 42.1 Å². The van der Waals surface area contributed by atoms with Crippen LogP contribution in [0.15, 0.2) is 60.9 Å². The molecule has 1 aromatic heterocycles. The maximum Gasteiger partial charge on any atom is 0.304 e. The molecule has 2 aliphatic rings. The lowest BCUT2D eigenvalue weighted by Crippen LogP contribution is -2.53. The van der Waals surface area contributed by atoms with Gasteiger partial charge in [0.2, 0.25) is 0 Å². The van der Waals surface area contributed by atoms with E-state index < -0.39 is 15.3 Å². The number of quaternary nitrogens is 1. The molecule has 33 heavy (non-hydrogen) atoms. The molecule has 9 heteroatoms. The van der Waals surface area contributed by atoms with Crippen LogP contribution in [0.5, 0.6) is 0 Å². The largest absolute Gasteiger partial charge is 0.371 e. The van der Waals surface area contributed by atoms with Gasteiger partial charge in [-0.1, -0.05) is 42.5 Å². The fourth-order valence-corrected chi connectivity index (χ4v) is 7.59. The summed E-state index contributed by atoms with van der Waals surface area (Å²) in [6, 6.07) is 18.5. The van der Waals surface area contributed by atoms with Crippen LogP contribution in [0, 0.1) is 0 Å². The number of nitrogens with zero attached hydrogens (tertiary/aromatic N) is 6. The number of anilines is 1. The molecule has 2 unspecified atom stereocenters. The van der Waals surface area contributed by atoms with Crippen LogP contribution < -0.4 is 4.90 Å². The summed E-state index contributed by atoms with van der Waals surface area (Å²) in [7, 11) is -1.49. The first-order valence-corrected chi connectivity index (χ1v) is 13.2. The predicted molar refractivity (Wildman–Crippen MR) is 127 cm³/mol. The van der Waals surface area contributed by atoms with Crippen molar-refractivity contribution in [2.24, 2.45) is 0 Å². The molecule has 0 spiro atoms. The molecule has 0 radical (unpaired) electrons. The van der Waals surface area contributed by atoms with Crippen LogP contribution in [0.25, 0.3) is 0 Å². The van der Waals surface area contributed by atoms with Gasteiger partial charge in [0.1, 0.15) is 18.1 Å². The third kappa shape index (κ3) is 4.27. The van der Waals surface area contributed by atoms with Crippen molar-refractivity contribution >= 4 is 15.7 Å². The van der Waals surface area contributed by atoms with Gasteiger partial charge in [0, 0.05) is 24.3 Å². The summed E-state index contributed by atoms with van der Waals surface area (Å²) in [5.74, 6) is 0. The topological polar surface area (TPSA) is 81.0 Å². The van der Waals surface area contributed by atoms with Crippen LogP contribution in [-0.2, 0) is 16.6 Å². The summed E-state index contributed by atoms with van der Waals surface area (Å²) in [6.45, 7) is 3.04. The summed E-state index contributed by atoms with van der Waals surface area (Å²) >= 11 is 0. The van der Waals surface area contributed by atoms with Crippen molar-refractivity contribution in [3.63, 3.8) is 0 Å². The summed E-state index contributed by atoms with van der Waals surface area (Å²) in [5, 5.41) is 11.1. The Hall–Kier alpha value is -2.78. The first-order chi connectivity index (χ1) is 16.0. The molecule has 2 saturated heterocycles. The minimum Gasteiger partial charge on any atom is -0.371 e. The number of rotatable bonds is 5. The van der Waals surface area contributed by atoms with Gasteiger partial charge in [-0.15, -0.1) is 5.10 Å². The molecule has 8 nitrogen and oxygen atoms in total. The highest BCUT2D eigenvalue weighted by atomic mass is 32.2. The van der Waals surface area contributed by atoms with Gasteiger partial charge in [-0.2, -0.15) is 8.42 Å². The van der Waals surface area contributed by atoms with Gasteiger partial charge >= 0.3 is 10.0 Å². The monoisotopic (exact) mass is 467 g/mol. The predicted octanol–water partition coefficient (Wildman–Crippen LogP) is 3.33. The molecule has 2 atom stereocenters. The van der Waals surface area contributed by atoms with Crippen LogP contribution in [0.2, 0.25) is 0 Å². The molecule has 0 amide bonds. The van der Waals surface area contributed by atoms with E-state index in [0.29, 0.717) is 25.6 Å². The van der Waals surface area contributed by atoms with Crippen molar-refractivity contribution in [2.45, 2.75) is 43.5 Å². The first-order valence-electron chi connectivity index (χ1n) is 11.7. The Balaban J connectivity index is 1.27. The van der Waals surface area contributed by atoms with Crippen molar-refractivity contribution in [1.82, 2.24) is 20.2 Å². The Morgan fingerprint density at radius 2 is 1.73 bits per heavy atom. The Bertz CT molecular complexity index is 1160. The molecule has 5 rings (SSSR count). The molecule has 0 saturated carbocycles. The Kier molecular flexibility index (Phi) is 5.92. The SMILES string of the molecule is C[N+]1(Cc2ccc(N3CCC(n4cnnn4)CC3)cc2)CCCC(c2ccccc2)S1(=O)=O. The van der Waals surface area contributed by atoms with Crippen molar-refractivity contribution in [3.05, 3.63) is 72.1 Å². The summed E-state index contributed by atoms with van der Waals surface area (Å²) in [6.07, 6.45) is 5.29. The second-order valence-electron chi connectivity index (χ2n) is 9.41. The number of sulfonamides is 1. The maximum absolute atomic E-state index is 13.6. The fraction of sp³-hybridized carbons (Fsp3) is 0.458. The highest BCUT2D eigenvalue weighted by molar-refractivity contribution is 7.86. The molecule has 2 aliphatic heterocycles. The number of tetrazole rings is 1. The highest BCUT2D eigenvalue weighted by Crippen LogP contribution is 2.39. The van der Waals surface area contributed by atoms with Crippen LogP contribution >= 0.6 is 0 Å². The summed E-state index contributed by atoms with van der Waals surface area (Å²) in [4.78, 5) is 2.38. The van der Waals surface area contributed by atoms with Gasteiger partial charge in [-0.3, -0.25) is 0 Å². The zero-order chi connectivity index (χ0) is 22.9. The third-order valence-corrected chi connectivity index (χ3v) is 10.0. The molecule has 0 bridgehead atoms. The molecule has 0 N–H and O–H groups in total. The van der Waals surface area contributed by atoms with Crippen LogP contribution in [0.3, 0.4) is 0 Å². The van der Waals surface area contributed by atoms with E-state index in [0.717, 1.165) is 43.5 Å². The first kappa shape index (κ1) is 22.0. The molecule has 3 aromatic rings. The van der Waals surface area contributed by atoms with Gasteiger partial charge in [-0.25, -0.2) is 8.57 Å². The average molecular weight is 468 g/mol. The van der Waals surface area contributed by atoms with Crippen molar-refractivity contribution in [3.8, 4) is 0 Å². The molecular weight excluding hydrogens is 436 g/mol. The number of hydrogen-bond donors (Lipinski definition) is 0. The second-order valence-corrected chi connectivity index (χ2v) is 11.9. The third-order valence-electron chi connectivity index (χ3n) is 7.26. The number of hydrogen-bond acceptors (Lipinski definition) is 6. The van der Waals surface area contributed by atoms with Gasteiger partial charge in [0.25, 0.3) is 0 Å². The average Bonchev–Trinajstić information content (AvgIpc) is 3.37. The van der Waals surface area contributed by atoms with E-state index in [-0.39, 0.29) is 3.89 Å². The lowest BCUT2D eigenvalue weighted by atomic mass is 10.0. The van der Waals surface area contributed by atoms with E-state index in [9.17, 15) is 8.42 Å². The minimum atomic E-state index is -3.36. The van der Waals surface area contributed by atoms with Crippen molar-refractivity contribution in [2.75, 3.05) is 31.6 Å². The van der Waals surface area contributed by atoms with Crippen LogP contribution in [0.1, 0.15) is 48.1 Å². The van der Waals surface area contributed by atoms with Crippen molar-refractivity contribution in [1.29, 1.82) is 0 Å². The quantitative estimate of drug-likeness (QED) is 0.536. The molecule has 3 heterocycles. The van der Waals surface area contributed by atoms with E-state index in [2.05, 4.69) is 44.7 Å². The lowest BCUT2D eigenvalue weighted by molar-refractivity contribution is -0.802. The Morgan fingerprint density at radius 3 is 2.39 bits per heavy atom. The number of benzene rings is 2. The molecule has 2 aromatic carbocycles. The molecule has 2 fully saturated rings. The Labute approximate surface area is 195 Å². The number of piperidine rings is 1. The molecular formula is C24H31N6O2S+. The highest BCUT2D eigenvalue weighted by Gasteiger charge is 2.47. The Morgan fingerprint density at radius 1 is 1.00 bits per heavy atom. The lowest BCUT2D eigenvalue weighted by Gasteiger charge is -2.40.